The Hall–Kier alpha value is -2.22. The van der Waals surface area contributed by atoms with E-state index in [1.165, 1.54) is 22.5 Å². The third-order valence-corrected chi connectivity index (χ3v) is 3.34. The quantitative estimate of drug-likeness (QED) is 0.803. The molecule has 3 rings (SSSR count). The Balaban J connectivity index is 2.11. The van der Waals surface area contributed by atoms with Gasteiger partial charge in [-0.3, -0.25) is 0 Å². The highest BCUT2D eigenvalue weighted by Gasteiger charge is 2.20. The van der Waals surface area contributed by atoms with Crippen LogP contribution < -0.4 is 4.90 Å². The average molecular weight is 237 g/mol. The molecule has 0 unspecified atom stereocenters. The molecule has 0 saturated heterocycles. The van der Waals surface area contributed by atoms with Crippen LogP contribution in [0.1, 0.15) is 11.1 Å². The average Bonchev–Trinajstić information content (AvgIpc) is 2.43. The maximum Gasteiger partial charge on any atom is 0.0769 e. The van der Waals surface area contributed by atoms with Crippen molar-refractivity contribution in [1.82, 2.24) is 0 Å². The van der Waals surface area contributed by atoms with E-state index in [1.807, 2.05) is 0 Å². The first-order chi connectivity index (χ1) is 8.90. The van der Waals surface area contributed by atoms with Gasteiger partial charge in [-0.25, -0.2) is 0 Å². The minimum absolute atomic E-state index is 0.685. The highest BCUT2D eigenvalue weighted by atomic mass is 16.2. The second-order valence-electron chi connectivity index (χ2n) is 4.43. The molecular formula is C16H15NO. The van der Waals surface area contributed by atoms with Crippen LogP contribution in [0.5, 0.6) is 0 Å². The molecule has 18 heavy (non-hydrogen) atoms. The van der Waals surface area contributed by atoms with Gasteiger partial charge < -0.3 is 10.0 Å². The number of benzene rings is 2. The molecule has 0 bridgehead atoms. The number of fused-ring (bicyclic) bond motifs is 2. The number of aliphatic hydroxyl groups excluding tert-OH is 1. The lowest BCUT2D eigenvalue weighted by Gasteiger charge is -2.32. The van der Waals surface area contributed by atoms with Crippen molar-refractivity contribution in [3.63, 3.8) is 0 Å². The Bertz CT molecular complexity index is 544. The summed E-state index contributed by atoms with van der Waals surface area (Å²) in [6, 6.07) is 16.9. The summed E-state index contributed by atoms with van der Waals surface area (Å²) < 4.78 is 0. The molecule has 0 aliphatic carbocycles. The van der Waals surface area contributed by atoms with E-state index in [9.17, 15) is 0 Å². The fraction of sp³-hybridized carbons (Fsp3) is 0.125. The molecule has 90 valence electrons. The minimum atomic E-state index is 0.685. The summed E-state index contributed by atoms with van der Waals surface area (Å²) in [6.07, 6.45) is 3.85. The van der Waals surface area contributed by atoms with Crippen LogP contribution in [0.2, 0.25) is 0 Å². The van der Waals surface area contributed by atoms with Crippen molar-refractivity contribution in [2.75, 3.05) is 11.4 Å². The van der Waals surface area contributed by atoms with Crippen molar-refractivity contribution < 1.29 is 5.11 Å². The Morgan fingerprint density at radius 1 is 0.944 bits per heavy atom. The van der Waals surface area contributed by atoms with E-state index in [4.69, 9.17) is 5.11 Å². The van der Waals surface area contributed by atoms with Gasteiger partial charge in [0.25, 0.3) is 0 Å². The highest BCUT2D eigenvalue weighted by molar-refractivity contribution is 5.74. The number of anilines is 2. The summed E-state index contributed by atoms with van der Waals surface area (Å²) in [5.74, 6) is 0. The summed E-state index contributed by atoms with van der Waals surface area (Å²) >= 11 is 0. The Morgan fingerprint density at radius 3 is 2.06 bits per heavy atom. The summed E-state index contributed by atoms with van der Waals surface area (Å²) in [6.45, 7) is 0.685. The first kappa shape index (κ1) is 10.9. The zero-order chi connectivity index (χ0) is 12.4. The molecule has 0 amide bonds. The van der Waals surface area contributed by atoms with E-state index in [1.54, 1.807) is 6.08 Å². The van der Waals surface area contributed by atoms with E-state index < -0.39 is 0 Å². The molecule has 2 aromatic rings. The van der Waals surface area contributed by atoms with Gasteiger partial charge in [0.15, 0.2) is 0 Å². The van der Waals surface area contributed by atoms with Crippen LogP contribution in [0, 0.1) is 0 Å². The normalized spacial score (nSPS) is 13.4. The van der Waals surface area contributed by atoms with Crippen molar-refractivity contribution in [3.8, 4) is 0 Å². The number of aliphatic hydroxyl groups is 1. The molecule has 1 heterocycles. The molecule has 0 saturated carbocycles. The highest BCUT2D eigenvalue weighted by Crippen LogP contribution is 2.37. The Kier molecular flexibility index (Phi) is 2.77. The topological polar surface area (TPSA) is 23.5 Å². The fourth-order valence-corrected chi connectivity index (χ4v) is 2.53. The lowest BCUT2D eigenvalue weighted by Crippen LogP contribution is -2.23. The van der Waals surface area contributed by atoms with Crippen molar-refractivity contribution in [2.45, 2.75) is 6.42 Å². The second-order valence-corrected chi connectivity index (χ2v) is 4.43. The van der Waals surface area contributed by atoms with Crippen molar-refractivity contribution in [1.29, 1.82) is 0 Å². The summed E-state index contributed by atoms with van der Waals surface area (Å²) in [5, 5.41) is 8.89. The van der Waals surface area contributed by atoms with E-state index in [0.29, 0.717) is 6.54 Å². The van der Waals surface area contributed by atoms with Crippen LogP contribution in [0.4, 0.5) is 11.4 Å². The van der Waals surface area contributed by atoms with Gasteiger partial charge in [0.2, 0.25) is 0 Å². The molecule has 1 aliphatic rings. The van der Waals surface area contributed by atoms with E-state index in [0.717, 1.165) is 12.7 Å². The van der Waals surface area contributed by atoms with Crippen LogP contribution in [-0.4, -0.2) is 11.7 Å². The fourth-order valence-electron chi connectivity index (χ4n) is 2.53. The zero-order valence-corrected chi connectivity index (χ0v) is 10.1. The maximum atomic E-state index is 8.89. The number of hydrogen-bond donors (Lipinski definition) is 1. The molecule has 1 N–H and O–H groups in total. The van der Waals surface area contributed by atoms with Gasteiger partial charge in [-0.05, 0) is 29.3 Å². The van der Waals surface area contributed by atoms with Gasteiger partial charge in [-0.15, -0.1) is 0 Å². The van der Waals surface area contributed by atoms with Gasteiger partial charge in [0.05, 0.1) is 6.26 Å². The van der Waals surface area contributed by atoms with Crippen LogP contribution in [0.25, 0.3) is 0 Å². The van der Waals surface area contributed by atoms with Gasteiger partial charge in [-0.1, -0.05) is 36.4 Å². The molecule has 1 aliphatic heterocycles. The van der Waals surface area contributed by atoms with E-state index in [2.05, 4.69) is 53.4 Å². The van der Waals surface area contributed by atoms with Crippen LogP contribution in [0.3, 0.4) is 0 Å². The minimum Gasteiger partial charge on any atom is -0.516 e. The van der Waals surface area contributed by atoms with Gasteiger partial charge in [-0.2, -0.15) is 0 Å². The van der Waals surface area contributed by atoms with Crippen molar-refractivity contribution in [3.05, 3.63) is 72.0 Å². The summed E-state index contributed by atoms with van der Waals surface area (Å²) in [4.78, 5) is 2.24. The monoisotopic (exact) mass is 237 g/mol. The van der Waals surface area contributed by atoms with Crippen molar-refractivity contribution in [2.24, 2.45) is 0 Å². The zero-order valence-electron chi connectivity index (χ0n) is 10.1. The summed E-state index contributed by atoms with van der Waals surface area (Å²) in [5.41, 5.74) is 5.13. The Morgan fingerprint density at radius 2 is 1.50 bits per heavy atom. The standard InChI is InChI=1S/C16H15NO/c18-11-5-10-17-15-8-3-1-6-13(15)12-14-7-2-4-9-16(14)17/h1-9,11,18H,10,12H2. The van der Waals surface area contributed by atoms with E-state index in [-0.39, 0.29) is 0 Å². The molecular weight excluding hydrogens is 222 g/mol. The molecule has 0 spiro atoms. The number of nitrogens with zero attached hydrogens (tertiary/aromatic N) is 1. The van der Waals surface area contributed by atoms with Crippen LogP contribution >= 0.6 is 0 Å². The first-order valence-corrected chi connectivity index (χ1v) is 6.13. The third kappa shape index (κ3) is 1.76. The van der Waals surface area contributed by atoms with Gasteiger partial charge in [0.1, 0.15) is 0 Å². The predicted octanol–water partition coefficient (Wildman–Crippen LogP) is 3.80. The third-order valence-electron chi connectivity index (χ3n) is 3.34. The predicted molar refractivity (Wildman–Crippen MR) is 74.5 cm³/mol. The number of para-hydroxylation sites is 2. The SMILES string of the molecule is OC=CCN1c2ccccc2Cc2ccccc21. The molecule has 2 nitrogen and oxygen atoms in total. The molecule has 0 fully saturated rings. The number of hydrogen-bond acceptors (Lipinski definition) is 2. The molecule has 0 aromatic heterocycles. The van der Waals surface area contributed by atoms with Crippen molar-refractivity contribution >= 4 is 11.4 Å². The molecule has 0 atom stereocenters. The molecule has 0 radical (unpaired) electrons. The molecule has 2 aromatic carbocycles. The van der Waals surface area contributed by atoms with Gasteiger partial charge >= 0.3 is 0 Å². The lowest BCUT2D eigenvalue weighted by atomic mass is 9.95. The maximum absolute atomic E-state index is 8.89. The second kappa shape index (κ2) is 4.57. The van der Waals surface area contributed by atoms with E-state index >= 15 is 0 Å². The van der Waals surface area contributed by atoms with Gasteiger partial charge in [0, 0.05) is 24.3 Å². The number of rotatable bonds is 2. The van der Waals surface area contributed by atoms with Crippen LogP contribution in [0.15, 0.2) is 60.9 Å². The molecule has 2 heteroatoms. The smallest absolute Gasteiger partial charge is 0.0769 e. The summed E-state index contributed by atoms with van der Waals surface area (Å²) in [7, 11) is 0. The largest absolute Gasteiger partial charge is 0.516 e. The lowest BCUT2D eigenvalue weighted by molar-refractivity contribution is 0.471. The van der Waals surface area contributed by atoms with Crippen LogP contribution in [-0.2, 0) is 6.42 Å². The Labute approximate surface area is 107 Å². The first-order valence-electron chi connectivity index (χ1n) is 6.13.